The van der Waals surface area contributed by atoms with Crippen LogP contribution in [0.5, 0.6) is 0 Å². The Balaban J connectivity index is 3.35. The molecule has 0 bridgehead atoms. The summed E-state index contributed by atoms with van der Waals surface area (Å²) in [7, 11) is 1.68. The molecule has 0 aliphatic carbocycles. The van der Waals surface area contributed by atoms with E-state index in [4.69, 9.17) is 11.1 Å². The molecule has 0 saturated carbocycles. The fourth-order valence-electron chi connectivity index (χ4n) is 0.827. The van der Waals surface area contributed by atoms with Gasteiger partial charge in [-0.3, -0.25) is 10.2 Å². The van der Waals surface area contributed by atoms with Crippen molar-refractivity contribution in [1.82, 2.24) is 10.6 Å². The largest absolute Gasteiger partial charge is 0.360 e. The van der Waals surface area contributed by atoms with Crippen molar-refractivity contribution in [3.05, 3.63) is 0 Å². The molecular formula is C8H18N4O. The van der Waals surface area contributed by atoms with Crippen molar-refractivity contribution in [1.29, 1.82) is 5.41 Å². The van der Waals surface area contributed by atoms with Crippen molar-refractivity contribution in [2.75, 3.05) is 13.6 Å². The van der Waals surface area contributed by atoms with E-state index in [1.807, 2.05) is 0 Å². The zero-order valence-electron chi connectivity index (χ0n) is 8.18. The molecule has 0 aromatic heterocycles. The van der Waals surface area contributed by atoms with E-state index in [0.29, 0.717) is 13.0 Å². The van der Waals surface area contributed by atoms with E-state index in [9.17, 15) is 4.79 Å². The number of hydrogen-bond donors (Lipinski definition) is 4. The molecule has 0 unspecified atom stereocenters. The maximum atomic E-state index is 10.7. The molecule has 0 aromatic carbocycles. The molecule has 0 fully saturated rings. The van der Waals surface area contributed by atoms with Gasteiger partial charge >= 0.3 is 0 Å². The standard InChI is InChI=1S/C8H18N4O/c1-6(13)7(9)4-3-5-12-8(10)11-2/h7H,3-5,9H2,1-2H3,(H3,10,11,12)/t7-/m1/s1. The van der Waals surface area contributed by atoms with Gasteiger partial charge in [-0.25, -0.2) is 0 Å². The van der Waals surface area contributed by atoms with Crippen LogP contribution in [0.1, 0.15) is 19.8 Å². The predicted octanol–water partition coefficient (Wildman–Crippen LogP) is -0.573. The Bertz CT molecular complexity index is 181. The second-order valence-corrected chi connectivity index (χ2v) is 2.91. The zero-order chi connectivity index (χ0) is 10.3. The van der Waals surface area contributed by atoms with Crippen LogP contribution in [-0.2, 0) is 4.79 Å². The summed E-state index contributed by atoms with van der Waals surface area (Å²) in [5.41, 5.74) is 5.52. The van der Waals surface area contributed by atoms with E-state index in [-0.39, 0.29) is 17.8 Å². The molecule has 0 amide bonds. The Labute approximate surface area is 78.6 Å². The third kappa shape index (κ3) is 6.10. The molecule has 5 N–H and O–H groups in total. The molecule has 13 heavy (non-hydrogen) atoms. The Morgan fingerprint density at radius 2 is 2.23 bits per heavy atom. The van der Waals surface area contributed by atoms with Crippen molar-refractivity contribution >= 4 is 11.7 Å². The Hall–Kier alpha value is -1.10. The minimum Gasteiger partial charge on any atom is -0.360 e. The summed E-state index contributed by atoms with van der Waals surface area (Å²) < 4.78 is 0. The summed E-state index contributed by atoms with van der Waals surface area (Å²) in [6, 6.07) is -0.356. The Kier molecular flexibility index (Phi) is 5.88. The first kappa shape index (κ1) is 11.9. The van der Waals surface area contributed by atoms with Crippen molar-refractivity contribution in [2.24, 2.45) is 5.73 Å². The Morgan fingerprint density at radius 3 is 2.69 bits per heavy atom. The second-order valence-electron chi connectivity index (χ2n) is 2.91. The first-order valence-corrected chi connectivity index (χ1v) is 4.34. The van der Waals surface area contributed by atoms with Crippen LogP contribution in [0.4, 0.5) is 0 Å². The van der Waals surface area contributed by atoms with Crippen LogP contribution in [0, 0.1) is 5.41 Å². The van der Waals surface area contributed by atoms with Gasteiger partial charge in [0.15, 0.2) is 5.96 Å². The molecule has 0 heterocycles. The topological polar surface area (TPSA) is 91.0 Å². The van der Waals surface area contributed by atoms with Crippen molar-refractivity contribution in [3.8, 4) is 0 Å². The summed E-state index contributed by atoms with van der Waals surface area (Å²) in [5.74, 6) is 0.306. The number of hydrogen-bond acceptors (Lipinski definition) is 3. The quantitative estimate of drug-likeness (QED) is 0.263. The number of nitrogens with one attached hydrogen (secondary N) is 3. The fourth-order valence-corrected chi connectivity index (χ4v) is 0.827. The summed E-state index contributed by atoms with van der Waals surface area (Å²) >= 11 is 0. The average Bonchev–Trinajstić information content (AvgIpc) is 2.11. The van der Waals surface area contributed by atoms with Crippen molar-refractivity contribution in [3.63, 3.8) is 0 Å². The van der Waals surface area contributed by atoms with Gasteiger partial charge in [0.05, 0.1) is 6.04 Å². The van der Waals surface area contributed by atoms with Crippen LogP contribution in [0.3, 0.4) is 0 Å². The van der Waals surface area contributed by atoms with Gasteiger partial charge in [0, 0.05) is 13.6 Å². The lowest BCUT2D eigenvalue weighted by molar-refractivity contribution is -0.118. The summed E-state index contributed by atoms with van der Waals surface area (Å²) in [6.07, 6.45) is 1.46. The van der Waals surface area contributed by atoms with Gasteiger partial charge in [-0.05, 0) is 19.8 Å². The third-order valence-electron chi connectivity index (χ3n) is 1.77. The van der Waals surface area contributed by atoms with Crippen LogP contribution in [-0.4, -0.2) is 31.4 Å². The summed E-state index contributed by atoms with van der Waals surface area (Å²) in [4.78, 5) is 10.7. The first-order valence-electron chi connectivity index (χ1n) is 4.34. The highest BCUT2D eigenvalue weighted by atomic mass is 16.1. The predicted molar refractivity (Wildman–Crippen MR) is 52.7 cm³/mol. The van der Waals surface area contributed by atoms with Gasteiger partial charge < -0.3 is 16.4 Å². The molecule has 1 atom stereocenters. The SMILES string of the molecule is CNC(=N)NCCC[C@@H](N)C(C)=O. The second kappa shape index (κ2) is 6.42. The van der Waals surface area contributed by atoms with Gasteiger partial charge in [0.2, 0.25) is 0 Å². The lowest BCUT2D eigenvalue weighted by Gasteiger charge is -2.09. The van der Waals surface area contributed by atoms with Crippen LogP contribution in [0.2, 0.25) is 0 Å². The molecule has 0 radical (unpaired) electrons. The van der Waals surface area contributed by atoms with Crippen LogP contribution < -0.4 is 16.4 Å². The lowest BCUT2D eigenvalue weighted by Crippen LogP contribution is -2.35. The van der Waals surface area contributed by atoms with Gasteiger partial charge in [0.1, 0.15) is 5.78 Å². The van der Waals surface area contributed by atoms with E-state index < -0.39 is 0 Å². The molecule has 5 nitrogen and oxygen atoms in total. The van der Waals surface area contributed by atoms with E-state index in [1.165, 1.54) is 6.92 Å². The molecule has 76 valence electrons. The van der Waals surface area contributed by atoms with Crippen LogP contribution in [0.15, 0.2) is 0 Å². The number of guanidine groups is 1. The number of carbonyl (C=O) groups excluding carboxylic acids is 1. The number of nitrogens with two attached hydrogens (primary N) is 1. The number of ketones is 1. The molecule has 0 aliphatic rings. The molecule has 0 aromatic rings. The van der Waals surface area contributed by atoms with Gasteiger partial charge in [-0.15, -0.1) is 0 Å². The van der Waals surface area contributed by atoms with Gasteiger partial charge in [-0.1, -0.05) is 0 Å². The summed E-state index contributed by atoms with van der Waals surface area (Å²) in [6.45, 7) is 2.16. The Morgan fingerprint density at radius 1 is 1.62 bits per heavy atom. The number of carbonyl (C=O) groups is 1. The molecule has 0 saturated heterocycles. The molecule has 5 heteroatoms. The first-order chi connectivity index (χ1) is 6.07. The number of rotatable bonds is 5. The van der Waals surface area contributed by atoms with Crippen LogP contribution in [0.25, 0.3) is 0 Å². The smallest absolute Gasteiger partial charge is 0.188 e. The molecule has 0 rings (SSSR count). The third-order valence-corrected chi connectivity index (χ3v) is 1.77. The highest BCUT2D eigenvalue weighted by Crippen LogP contribution is 1.93. The normalized spacial score (nSPS) is 11.9. The van der Waals surface area contributed by atoms with Gasteiger partial charge in [-0.2, -0.15) is 0 Å². The fraction of sp³-hybridized carbons (Fsp3) is 0.750. The lowest BCUT2D eigenvalue weighted by atomic mass is 10.1. The van der Waals surface area contributed by atoms with Crippen molar-refractivity contribution in [2.45, 2.75) is 25.8 Å². The number of Topliss-reactive ketones (excluding diaryl/α,β-unsaturated/α-hetero) is 1. The molecular weight excluding hydrogens is 168 g/mol. The van der Waals surface area contributed by atoms with E-state index in [1.54, 1.807) is 7.05 Å². The summed E-state index contributed by atoms with van der Waals surface area (Å²) in [5, 5.41) is 12.7. The maximum absolute atomic E-state index is 10.7. The van der Waals surface area contributed by atoms with E-state index in [0.717, 1.165) is 6.42 Å². The highest BCUT2D eigenvalue weighted by molar-refractivity contribution is 5.81. The maximum Gasteiger partial charge on any atom is 0.188 e. The highest BCUT2D eigenvalue weighted by Gasteiger charge is 2.06. The minimum atomic E-state index is -0.356. The zero-order valence-corrected chi connectivity index (χ0v) is 8.18. The molecule has 0 aliphatic heterocycles. The van der Waals surface area contributed by atoms with Gasteiger partial charge in [0.25, 0.3) is 0 Å². The minimum absolute atomic E-state index is 0.0173. The van der Waals surface area contributed by atoms with Crippen LogP contribution >= 0.6 is 0 Å². The monoisotopic (exact) mass is 186 g/mol. The molecule has 0 spiro atoms. The van der Waals surface area contributed by atoms with Crippen molar-refractivity contribution < 1.29 is 4.79 Å². The van der Waals surface area contributed by atoms with E-state index in [2.05, 4.69) is 10.6 Å². The van der Waals surface area contributed by atoms with E-state index >= 15 is 0 Å². The average molecular weight is 186 g/mol.